The Morgan fingerprint density at radius 1 is 1.00 bits per heavy atom. The first kappa shape index (κ1) is 28.6. The van der Waals surface area contributed by atoms with Crippen LogP contribution in [0.5, 0.6) is 11.5 Å². The van der Waals surface area contributed by atoms with Gasteiger partial charge in [-0.25, -0.2) is 13.9 Å². The molecule has 0 aromatic heterocycles. The molecule has 2 rings (SSSR count). The van der Waals surface area contributed by atoms with Gasteiger partial charge in [0.2, 0.25) is 0 Å². The molecule has 9 heteroatoms. The van der Waals surface area contributed by atoms with Crippen molar-refractivity contribution in [1.82, 2.24) is 10.4 Å². The Morgan fingerprint density at radius 3 is 2.11 bits per heavy atom. The number of methoxy groups -OCH3 is 1. The highest BCUT2D eigenvalue weighted by atomic mass is 32.2. The maximum Gasteiger partial charge on any atom is 0.265 e. The molecule has 1 unspecified atom stereocenters. The van der Waals surface area contributed by atoms with Crippen molar-refractivity contribution in [3.05, 3.63) is 54.1 Å². The summed E-state index contributed by atoms with van der Waals surface area (Å²) in [6, 6.07) is 13.0. The normalized spacial score (nSPS) is 13.3. The van der Waals surface area contributed by atoms with Crippen molar-refractivity contribution in [2.45, 2.75) is 56.1 Å². The number of sulfone groups is 1. The SMILES string of the molecule is CCCCC(Cc1ccc(OCCN(CC)CC)cc1)(C(=O)NO)S(=O)(=O)c1ccc(OC)cc1. The summed E-state index contributed by atoms with van der Waals surface area (Å²) in [5.41, 5.74) is 2.27. The van der Waals surface area contributed by atoms with E-state index < -0.39 is 20.5 Å². The maximum atomic E-state index is 13.9. The van der Waals surface area contributed by atoms with E-state index in [0.29, 0.717) is 36.5 Å². The van der Waals surface area contributed by atoms with Crippen LogP contribution in [-0.4, -0.2) is 62.5 Å². The summed E-state index contributed by atoms with van der Waals surface area (Å²) in [6.45, 7) is 9.39. The van der Waals surface area contributed by atoms with Gasteiger partial charge in [-0.3, -0.25) is 10.0 Å². The number of rotatable bonds is 15. The van der Waals surface area contributed by atoms with Crippen molar-refractivity contribution in [2.75, 3.05) is 33.4 Å². The maximum absolute atomic E-state index is 13.9. The molecule has 1 atom stereocenters. The lowest BCUT2D eigenvalue weighted by atomic mass is 9.92. The van der Waals surface area contributed by atoms with Gasteiger partial charge < -0.3 is 14.4 Å². The Balaban J connectivity index is 2.36. The lowest BCUT2D eigenvalue weighted by Crippen LogP contribution is -2.53. The number of carbonyl (C=O) groups excluding carboxylic acids is 1. The molecule has 2 N–H and O–H groups in total. The molecule has 0 fully saturated rings. The Kier molecular flexibility index (Phi) is 11.0. The number of hydrogen-bond acceptors (Lipinski definition) is 7. The fourth-order valence-corrected chi connectivity index (χ4v) is 6.05. The largest absolute Gasteiger partial charge is 0.497 e. The van der Waals surface area contributed by atoms with Crippen molar-refractivity contribution in [1.29, 1.82) is 0 Å². The van der Waals surface area contributed by atoms with Gasteiger partial charge in [-0.05, 0) is 61.5 Å². The zero-order valence-corrected chi connectivity index (χ0v) is 21.9. The van der Waals surface area contributed by atoms with Crippen LogP contribution in [0, 0.1) is 0 Å². The van der Waals surface area contributed by atoms with E-state index in [1.807, 2.05) is 6.92 Å². The fraction of sp³-hybridized carbons (Fsp3) is 0.500. The molecular formula is C26H38N2O6S. The van der Waals surface area contributed by atoms with Gasteiger partial charge in [0.05, 0.1) is 12.0 Å². The minimum absolute atomic E-state index is 0.00522. The van der Waals surface area contributed by atoms with Crippen molar-refractivity contribution in [3.63, 3.8) is 0 Å². The molecule has 2 aromatic rings. The summed E-state index contributed by atoms with van der Waals surface area (Å²) < 4.78 is 36.8. The first-order valence-electron chi connectivity index (χ1n) is 12.0. The summed E-state index contributed by atoms with van der Waals surface area (Å²) >= 11 is 0. The molecule has 2 aromatic carbocycles. The van der Waals surface area contributed by atoms with Crippen LogP contribution in [0.15, 0.2) is 53.4 Å². The number of nitrogens with one attached hydrogen (secondary N) is 1. The van der Waals surface area contributed by atoms with Gasteiger partial charge >= 0.3 is 0 Å². The minimum Gasteiger partial charge on any atom is -0.497 e. The second kappa shape index (κ2) is 13.5. The summed E-state index contributed by atoms with van der Waals surface area (Å²) in [7, 11) is -2.68. The van der Waals surface area contributed by atoms with Crippen LogP contribution >= 0.6 is 0 Å². The van der Waals surface area contributed by atoms with E-state index in [0.717, 1.165) is 19.6 Å². The summed E-state index contributed by atoms with van der Waals surface area (Å²) in [4.78, 5) is 15.3. The summed E-state index contributed by atoms with van der Waals surface area (Å²) in [5, 5.41) is 9.56. The second-order valence-corrected chi connectivity index (χ2v) is 10.7. The topological polar surface area (TPSA) is 105 Å². The van der Waals surface area contributed by atoms with Crippen LogP contribution in [0.2, 0.25) is 0 Å². The molecule has 0 saturated carbocycles. The zero-order valence-electron chi connectivity index (χ0n) is 21.1. The van der Waals surface area contributed by atoms with Crippen molar-refractivity contribution < 1.29 is 27.9 Å². The highest BCUT2D eigenvalue weighted by Gasteiger charge is 2.50. The van der Waals surface area contributed by atoms with E-state index in [1.54, 1.807) is 41.9 Å². The van der Waals surface area contributed by atoms with E-state index in [1.165, 1.54) is 19.2 Å². The molecule has 35 heavy (non-hydrogen) atoms. The van der Waals surface area contributed by atoms with E-state index in [2.05, 4.69) is 18.7 Å². The van der Waals surface area contributed by atoms with Gasteiger partial charge in [0.15, 0.2) is 14.6 Å². The Morgan fingerprint density at radius 2 is 1.60 bits per heavy atom. The standard InChI is InChI=1S/C26H38N2O6S/c1-5-8-17-26(25(29)27-30,35(31,32)24-15-13-22(33-4)14-16-24)20-21-9-11-23(12-10-21)34-19-18-28(6-2)7-3/h9-16,30H,5-8,17-20H2,1-4H3,(H,27,29). The van der Waals surface area contributed by atoms with Crippen LogP contribution in [0.1, 0.15) is 45.6 Å². The highest BCUT2D eigenvalue weighted by molar-refractivity contribution is 7.93. The van der Waals surface area contributed by atoms with Crippen LogP contribution in [-0.2, 0) is 21.1 Å². The van der Waals surface area contributed by atoms with Crippen molar-refractivity contribution in [2.24, 2.45) is 0 Å². The smallest absolute Gasteiger partial charge is 0.265 e. The number of nitrogens with zero attached hydrogens (tertiary/aromatic N) is 1. The third-order valence-electron chi connectivity index (χ3n) is 6.32. The van der Waals surface area contributed by atoms with Crippen LogP contribution in [0.4, 0.5) is 0 Å². The number of benzene rings is 2. The predicted molar refractivity (Wildman–Crippen MR) is 136 cm³/mol. The number of amides is 1. The quantitative estimate of drug-likeness (QED) is 0.279. The molecule has 0 aliphatic heterocycles. The third-order valence-corrected chi connectivity index (χ3v) is 8.77. The summed E-state index contributed by atoms with van der Waals surface area (Å²) in [6.07, 6.45) is 1.16. The molecule has 0 bridgehead atoms. The Labute approximate surface area is 209 Å². The van der Waals surface area contributed by atoms with Crippen LogP contribution in [0.25, 0.3) is 0 Å². The van der Waals surface area contributed by atoms with Crippen molar-refractivity contribution >= 4 is 15.7 Å². The van der Waals surface area contributed by atoms with E-state index in [-0.39, 0.29) is 17.7 Å². The van der Waals surface area contributed by atoms with E-state index >= 15 is 0 Å². The predicted octanol–water partition coefficient (Wildman–Crippen LogP) is 3.87. The Hall–Kier alpha value is -2.62. The molecule has 0 aliphatic carbocycles. The van der Waals surface area contributed by atoms with Crippen molar-refractivity contribution in [3.8, 4) is 11.5 Å². The van der Waals surface area contributed by atoms with Gasteiger partial charge in [-0.2, -0.15) is 0 Å². The van der Waals surface area contributed by atoms with Gasteiger partial charge in [-0.1, -0.05) is 45.7 Å². The molecule has 1 amide bonds. The minimum atomic E-state index is -4.17. The third kappa shape index (κ3) is 6.96. The molecule has 0 radical (unpaired) electrons. The number of hydroxylamine groups is 1. The zero-order chi connectivity index (χ0) is 25.9. The molecule has 0 aliphatic rings. The monoisotopic (exact) mass is 506 g/mol. The van der Waals surface area contributed by atoms with E-state index in [9.17, 15) is 18.4 Å². The number of ether oxygens (including phenoxy) is 2. The lowest BCUT2D eigenvalue weighted by molar-refractivity contribution is -0.132. The number of unbranched alkanes of at least 4 members (excludes halogenated alkanes) is 1. The number of hydrogen-bond donors (Lipinski definition) is 2. The molecule has 194 valence electrons. The lowest BCUT2D eigenvalue weighted by Gasteiger charge is -2.31. The first-order chi connectivity index (χ1) is 16.8. The van der Waals surface area contributed by atoms with Gasteiger partial charge in [0, 0.05) is 13.0 Å². The van der Waals surface area contributed by atoms with Crippen LogP contribution in [0.3, 0.4) is 0 Å². The fourth-order valence-electron chi connectivity index (χ4n) is 4.04. The average molecular weight is 507 g/mol. The average Bonchev–Trinajstić information content (AvgIpc) is 2.89. The van der Waals surface area contributed by atoms with Crippen LogP contribution < -0.4 is 15.0 Å². The van der Waals surface area contributed by atoms with E-state index in [4.69, 9.17) is 9.47 Å². The molecule has 8 nitrogen and oxygen atoms in total. The molecule has 0 saturated heterocycles. The molecule has 0 spiro atoms. The Bertz CT molecular complexity index is 1020. The highest BCUT2D eigenvalue weighted by Crippen LogP contribution is 2.35. The molecular weight excluding hydrogens is 468 g/mol. The molecule has 0 heterocycles. The summed E-state index contributed by atoms with van der Waals surface area (Å²) in [5.74, 6) is 0.234. The van der Waals surface area contributed by atoms with Gasteiger partial charge in [0.1, 0.15) is 18.1 Å². The number of carbonyl (C=O) groups is 1. The van der Waals surface area contributed by atoms with Gasteiger partial charge in [-0.15, -0.1) is 0 Å². The first-order valence-corrected chi connectivity index (χ1v) is 13.5. The second-order valence-electron chi connectivity index (χ2n) is 8.41. The number of likely N-dealkylation sites (N-methyl/N-ethyl adjacent to an activating group) is 1. The van der Waals surface area contributed by atoms with Gasteiger partial charge in [0.25, 0.3) is 5.91 Å².